The summed E-state index contributed by atoms with van der Waals surface area (Å²) in [6.07, 6.45) is 0.507. The lowest BCUT2D eigenvalue weighted by Gasteiger charge is -2.28. The molecule has 0 aromatic carbocycles. The molecule has 1 aromatic heterocycles. The number of nitrogens with one attached hydrogen (secondary N) is 1. The van der Waals surface area contributed by atoms with E-state index in [-0.39, 0.29) is 12.6 Å². The van der Waals surface area contributed by atoms with E-state index in [0.29, 0.717) is 38.6 Å². The van der Waals surface area contributed by atoms with Crippen LogP contribution < -0.4 is 5.32 Å². The second-order valence-corrected chi connectivity index (χ2v) is 8.68. The predicted octanol–water partition coefficient (Wildman–Crippen LogP) is 1.22. The summed E-state index contributed by atoms with van der Waals surface area (Å²) in [5, 5.41) is 20.6. The number of rotatable bonds is 9. The molecule has 13 heteroatoms. The average Bonchev–Trinajstić information content (AvgIpc) is 3.26. The number of carbonyl (C=O) groups is 4. The van der Waals surface area contributed by atoms with E-state index in [1.54, 1.807) is 30.2 Å². The fourth-order valence-corrected chi connectivity index (χ4v) is 3.69. The van der Waals surface area contributed by atoms with Crippen LogP contribution >= 0.6 is 11.3 Å². The number of carbonyl (C=O) groups excluding carboxylic acids is 2. The van der Waals surface area contributed by atoms with Gasteiger partial charge in [-0.25, -0.2) is 24.2 Å². The number of hydrogen-bond donors (Lipinski definition) is 3. The second-order valence-electron chi connectivity index (χ2n) is 7.79. The molecule has 12 nitrogen and oxygen atoms in total. The molecule has 0 aliphatic carbocycles. The number of nitrogens with zero attached hydrogens (tertiary/aromatic N) is 3. The molecule has 1 fully saturated rings. The van der Waals surface area contributed by atoms with Crippen LogP contribution in [0.3, 0.4) is 0 Å². The number of aromatic nitrogens is 1. The number of amides is 2. The molecular formula is C21H34N4O8S. The van der Waals surface area contributed by atoms with Crippen LogP contribution in [-0.4, -0.2) is 101 Å². The SMILES string of the molecule is CCOC(=O)C(CCN1CCOCC1)NC(=O)N(C)Cc1csc(C(C)C)n1.O=C(O)C(=O)O. The van der Waals surface area contributed by atoms with E-state index in [1.807, 2.05) is 5.38 Å². The Morgan fingerprint density at radius 3 is 2.35 bits per heavy atom. The van der Waals surface area contributed by atoms with Gasteiger partial charge in [0.25, 0.3) is 0 Å². The van der Waals surface area contributed by atoms with E-state index >= 15 is 0 Å². The van der Waals surface area contributed by atoms with Crippen LogP contribution in [0.5, 0.6) is 0 Å². The molecule has 1 atom stereocenters. The van der Waals surface area contributed by atoms with Crippen molar-refractivity contribution in [2.75, 3.05) is 46.5 Å². The zero-order valence-corrected chi connectivity index (χ0v) is 20.8. The standard InChI is InChI=1S/C19H32N4O4S.C2H2O4/c1-5-27-18(24)16(6-7-23-8-10-26-11-9-23)21-19(25)22(4)12-15-13-28-17(20-15)14(2)3;3-1(4)2(5)6/h13-14,16H,5-12H2,1-4H3,(H,21,25);(H,3,4)(H,5,6). The van der Waals surface area contributed by atoms with Gasteiger partial charge in [-0.15, -0.1) is 11.3 Å². The summed E-state index contributed by atoms with van der Waals surface area (Å²) in [7, 11) is 1.70. The molecule has 192 valence electrons. The van der Waals surface area contributed by atoms with E-state index in [0.717, 1.165) is 23.8 Å². The Kier molecular flexibility index (Phi) is 13.1. The van der Waals surface area contributed by atoms with E-state index in [2.05, 4.69) is 29.0 Å². The van der Waals surface area contributed by atoms with Crippen molar-refractivity contribution < 1.29 is 38.9 Å². The maximum Gasteiger partial charge on any atom is 0.414 e. The molecule has 3 N–H and O–H groups in total. The van der Waals surface area contributed by atoms with Crippen molar-refractivity contribution in [3.63, 3.8) is 0 Å². The summed E-state index contributed by atoms with van der Waals surface area (Å²) in [6, 6.07) is -0.974. The van der Waals surface area contributed by atoms with E-state index in [1.165, 1.54) is 0 Å². The Balaban J connectivity index is 0.000000852. The number of hydrogen-bond acceptors (Lipinski definition) is 9. The maximum absolute atomic E-state index is 12.6. The van der Waals surface area contributed by atoms with Crippen LogP contribution in [0.15, 0.2) is 5.38 Å². The monoisotopic (exact) mass is 502 g/mol. The highest BCUT2D eigenvalue weighted by molar-refractivity contribution is 7.09. The normalized spacial score (nSPS) is 14.5. The van der Waals surface area contributed by atoms with Crippen molar-refractivity contribution in [3.05, 3.63) is 16.1 Å². The van der Waals surface area contributed by atoms with Gasteiger partial charge in [0.1, 0.15) is 6.04 Å². The first-order chi connectivity index (χ1) is 16.0. The van der Waals surface area contributed by atoms with Gasteiger partial charge in [-0.05, 0) is 13.3 Å². The summed E-state index contributed by atoms with van der Waals surface area (Å²) in [5.41, 5.74) is 0.854. The molecule has 34 heavy (non-hydrogen) atoms. The third-order valence-corrected chi connectivity index (χ3v) is 5.89. The van der Waals surface area contributed by atoms with Gasteiger partial charge in [-0.1, -0.05) is 13.8 Å². The van der Waals surface area contributed by atoms with Crippen LogP contribution in [0.2, 0.25) is 0 Å². The van der Waals surface area contributed by atoms with Crippen molar-refractivity contribution in [2.24, 2.45) is 0 Å². The number of carboxylic acids is 2. The third kappa shape index (κ3) is 10.9. The van der Waals surface area contributed by atoms with Gasteiger partial charge in [0.05, 0.1) is 37.1 Å². The zero-order valence-electron chi connectivity index (χ0n) is 20.0. The summed E-state index contributed by atoms with van der Waals surface area (Å²) in [5.74, 6) is -3.68. The first-order valence-electron chi connectivity index (χ1n) is 10.9. The molecule has 1 unspecified atom stereocenters. The molecule has 0 radical (unpaired) electrons. The van der Waals surface area contributed by atoms with Gasteiger partial charge >= 0.3 is 23.9 Å². The minimum atomic E-state index is -1.82. The Labute approximate surface area is 202 Å². The fourth-order valence-electron chi connectivity index (χ4n) is 2.86. The number of ether oxygens (including phenoxy) is 2. The summed E-state index contributed by atoms with van der Waals surface area (Å²) in [4.78, 5) is 51.4. The lowest BCUT2D eigenvalue weighted by molar-refractivity contribution is -0.159. The molecule has 1 saturated heterocycles. The average molecular weight is 503 g/mol. The minimum Gasteiger partial charge on any atom is -0.473 e. The van der Waals surface area contributed by atoms with Gasteiger partial charge in [0, 0.05) is 38.0 Å². The zero-order chi connectivity index (χ0) is 25.7. The molecule has 0 spiro atoms. The van der Waals surface area contributed by atoms with Gasteiger partial charge in [0.2, 0.25) is 0 Å². The highest BCUT2D eigenvalue weighted by atomic mass is 32.1. The number of morpholine rings is 1. The molecule has 2 rings (SSSR count). The highest BCUT2D eigenvalue weighted by Crippen LogP contribution is 2.19. The predicted molar refractivity (Wildman–Crippen MR) is 124 cm³/mol. The maximum atomic E-state index is 12.6. The van der Waals surface area contributed by atoms with Crippen LogP contribution in [0.4, 0.5) is 4.79 Å². The molecule has 1 aliphatic rings. The van der Waals surface area contributed by atoms with Crippen molar-refractivity contribution >= 4 is 35.3 Å². The summed E-state index contributed by atoms with van der Waals surface area (Å²) >= 11 is 1.60. The van der Waals surface area contributed by atoms with Crippen molar-refractivity contribution in [2.45, 2.75) is 45.7 Å². The third-order valence-electron chi connectivity index (χ3n) is 4.70. The topological polar surface area (TPSA) is 159 Å². The van der Waals surface area contributed by atoms with Crippen molar-refractivity contribution in [3.8, 4) is 0 Å². The molecule has 1 aromatic rings. The minimum absolute atomic E-state index is 0.287. The number of aliphatic carboxylic acids is 2. The lowest BCUT2D eigenvalue weighted by Crippen LogP contribution is -2.49. The van der Waals surface area contributed by atoms with E-state index in [9.17, 15) is 9.59 Å². The van der Waals surface area contributed by atoms with Crippen molar-refractivity contribution in [1.82, 2.24) is 20.1 Å². The van der Waals surface area contributed by atoms with Gasteiger partial charge < -0.3 is 29.9 Å². The second kappa shape index (κ2) is 15.2. The summed E-state index contributed by atoms with van der Waals surface area (Å²) < 4.78 is 10.5. The van der Waals surface area contributed by atoms with Gasteiger partial charge in [-0.2, -0.15) is 0 Å². The first kappa shape index (κ1) is 29.3. The quantitative estimate of drug-likeness (QED) is 0.331. The summed E-state index contributed by atoms with van der Waals surface area (Å²) in [6.45, 7) is 10.4. The van der Waals surface area contributed by atoms with Crippen LogP contribution in [0.25, 0.3) is 0 Å². The van der Waals surface area contributed by atoms with Crippen LogP contribution in [0, 0.1) is 0 Å². The molecule has 0 saturated carbocycles. The molecular weight excluding hydrogens is 468 g/mol. The molecule has 0 bridgehead atoms. The van der Waals surface area contributed by atoms with Crippen LogP contribution in [0.1, 0.15) is 43.8 Å². The van der Waals surface area contributed by atoms with Gasteiger partial charge in [-0.3, -0.25) is 4.90 Å². The van der Waals surface area contributed by atoms with E-state index < -0.39 is 23.9 Å². The molecule has 2 heterocycles. The number of esters is 1. The Bertz CT molecular complexity index is 798. The smallest absolute Gasteiger partial charge is 0.414 e. The fraction of sp³-hybridized carbons (Fsp3) is 0.667. The first-order valence-corrected chi connectivity index (χ1v) is 11.8. The van der Waals surface area contributed by atoms with Crippen molar-refractivity contribution in [1.29, 1.82) is 0 Å². The Morgan fingerprint density at radius 1 is 1.24 bits per heavy atom. The largest absolute Gasteiger partial charge is 0.473 e. The number of thiazole rings is 1. The van der Waals surface area contributed by atoms with Gasteiger partial charge in [0.15, 0.2) is 0 Å². The Morgan fingerprint density at radius 2 is 1.85 bits per heavy atom. The van der Waals surface area contributed by atoms with E-state index in [4.69, 9.17) is 29.3 Å². The lowest BCUT2D eigenvalue weighted by atomic mass is 10.2. The van der Waals surface area contributed by atoms with Crippen LogP contribution in [-0.2, 0) is 30.4 Å². The number of carboxylic acid groups (broad SMARTS) is 2. The highest BCUT2D eigenvalue weighted by Gasteiger charge is 2.25. The molecule has 1 aliphatic heterocycles. The molecule has 2 amide bonds. The number of urea groups is 1. The Hall–Kier alpha value is -2.77.